The SMILES string of the molecule is O=C(Nc1nc2c(s1)CCCC2C(=O)Nc1nc(-c2cccnc2)cs1)c1ccc(Cl)cc1. The number of halogens is 1. The summed E-state index contributed by atoms with van der Waals surface area (Å²) in [7, 11) is 0. The minimum absolute atomic E-state index is 0.135. The highest BCUT2D eigenvalue weighted by atomic mass is 35.5. The fourth-order valence-electron chi connectivity index (χ4n) is 3.67. The fraction of sp³-hybridized carbons (Fsp3) is 0.174. The predicted molar refractivity (Wildman–Crippen MR) is 131 cm³/mol. The van der Waals surface area contributed by atoms with E-state index in [0.717, 1.165) is 34.7 Å². The van der Waals surface area contributed by atoms with Gasteiger partial charge < -0.3 is 5.32 Å². The lowest BCUT2D eigenvalue weighted by Gasteiger charge is -2.19. The number of rotatable bonds is 5. The second kappa shape index (κ2) is 9.38. The van der Waals surface area contributed by atoms with E-state index in [2.05, 4.69) is 25.6 Å². The van der Waals surface area contributed by atoms with Crippen molar-refractivity contribution in [2.45, 2.75) is 25.2 Å². The number of aryl methyl sites for hydroxylation is 1. The van der Waals surface area contributed by atoms with E-state index in [0.29, 0.717) is 27.3 Å². The average molecular weight is 496 g/mol. The van der Waals surface area contributed by atoms with Crippen LogP contribution in [0.4, 0.5) is 10.3 Å². The smallest absolute Gasteiger partial charge is 0.257 e. The van der Waals surface area contributed by atoms with Crippen molar-refractivity contribution in [1.82, 2.24) is 15.0 Å². The van der Waals surface area contributed by atoms with Crippen LogP contribution in [0.5, 0.6) is 0 Å². The summed E-state index contributed by atoms with van der Waals surface area (Å²) in [6.07, 6.45) is 5.88. The minimum atomic E-state index is -0.378. The molecule has 7 nitrogen and oxygen atoms in total. The zero-order chi connectivity index (χ0) is 22.8. The first-order chi connectivity index (χ1) is 16.1. The number of nitrogens with one attached hydrogen (secondary N) is 2. The monoisotopic (exact) mass is 495 g/mol. The van der Waals surface area contributed by atoms with Gasteiger partial charge in [0.2, 0.25) is 5.91 Å². The lowest BCUT2D eigenvalue weighted by atomic mass is 9.90. The van der Waals surface area contributed by atoms with Crippen LogP contribution in [0.15, 0.2) is 54.2 Å². The zero-order valence-corrected chi connectivity index (χ0v) is 19.6. The highest BCUT2D eigenvalue weighted by Crippen LogP contribution is 2.38. The van der Waals surface area contributed by atoms with Gasteiger partial charge in [0.1, 0.15) is 0 Å². The maximum Gasteiger partial charge on any atom is 0.257 e. The van der Waals surface area contributed by atoms with Gasteiger partial charge in [-0.15, -0.1) is 22.7 Å². The van der Waals surface area contributed by atoms with Gasteiger partial charge in [0, 0.05) is 38.8 Å². The summed E-state index contributed by atoms with van der Waals surface area (Å²) in [5.74, 6) is -0.773. The highest BCUT2D eigenvalue weighted by molar-refractivity contribution is 7.16. The van der Waals surface area contributed by atoms with Crippen LogP contribution in [0.2, 0.25) is 5.02 Å². The molecule has 1 aliphatic carbocycles. The Kier molecular flexibility index (Phi) is 6.17. The molecule has 0 spiro atoms. The lowest BCUT2D eigenvalue weighted by molar-refractivity contribution is -0.117. The number of thiazole rings is 2. The number of hydrogen-bond acceptors (Lipinski definition) is 7. The Morgan fingerprint density at radius 2 is 1.91 bits per heavy atom. The third-order valence-corrected chi connectivity index (χ3v) is 7.35. The molecule has 33 heavy (non-hydrogen) atoms. The van der Waals surface area contributed by atoms with Crippen LogP contribution in [0.3, 0.4) is 0 Å². The topological polar surface area (TPSA) is 96.9 Å². The summed E-state index contributed by atoms with van der Waals surface area (Å²) >= 11 is 8.69. The van der Waals surface area contributed by atoms with Crippen molar-refractivity contribution in [3.63, 3.8) is 0 Å². The Morgan fingerprint density at radius 1 is 1.06 bits per heavy atom. The molecule has 4 aromatic rings. The number of aromatic nitrogens is 3. The Morgan fingerprint density at radius 3 is 2.70 bits per heavy atom. The minimum Gasteiger partial charge on any atom is -0.301 e. The van der Waals surface area contributed by atoms with Crippen LogP contribution < -0.4 is 10.6 Å². The molecule has 1 unspecified atom stereocenters. The molecule has 5 rings (SSSR count). The number of carbonyl (C=O) groups excluding carboxylic acids is 2. The molecule has 1 aromatic carbocycles. The third kappa shape index (κ3) is 4.80. The van der Waals surface area contributed by atoms with Crippen molar-refractivity contribution < 1.29 is 9.59 Å². The van der Waals surface area contributed by atoms with E-state index in [4.69, 9.17) is 11.6 Å². The molecular weight excluding hydrogens is 478 g/mol. The summed E-state index contributed by atoms with van der Waals surface area (Å²) in [6.45, 7) is 0. The second-order valence-electron chi connectivity index (χ2n) is 7.50. The normalized spacial score (nSPS) is 15.0. The van der Waals surface area contributed by atoms with Crippen molar-refractivity contribution >= 4 is 56.4 Å². The van der Waals surface area contributed by atoms with Gasteiger partial charge in [-0.1, -0.05) is 11.6 Å². The van der Waals surface area contributed by atoms with E-state index >= 15 is 0 Å². The first kappa shape index (κ1) is 21.7. The van der Waals surface area contributed by atoms with Crippen LogP contribution in [0.25, 0.3) is 11.3 Å². The summed E-state index contributed by atoms with van der Waals surface area (Å²) in [6, 6.07) is 10.4. The van der Waals surface area contributed by atoms with E-state index in [1.807, 2.05) is 17.5 Å². The molecule has 10 heteroatoms. The van der Waals surface area contributed by atoms with Crippen molar-refractivity contribution in [1.29, 1.82) is 0 Å². The first-order valence-electron chi connectivity index (χ1n) is 10.3. The van der Waals surface area contributed by atoms with E-state index in [-0.39, 0.29) is 17.7 Å². The molecule has 0 saturated heterocycles. The molecule has 2 amide bonds. The van der Waals surface area contributed by atoms with Gasteiger partial charge in [-0.2, -0.15) is 0 Å². The highest BCUT2D eigenvalue weighted by Gasteiger charge is 2.31. The van der Waals surface area contributed by atoms with Crippen molar-refractivity contribution in [3.8, 4) is 11.3 Å². The largest absolute Gasteiger partial charge is 0.301 e. The third-order valence-electron chi connectivity index (χ3n) is 5.29. The van der Waals surface area contributed by atoms with Crippen molar-refractivity contribution in [2.75, 3.05) is 10.6 Å². The van der Waals surface area contributed by atoms with Crippen molar-refractivity contribution in [2.24, 2.45) is 0 Å². The van der Waals surface area contributed by atoms with Gasteiger partial charge in [0.05, 0.1) is 17.3 Å². The van der Waals surface area contributed by atoms with Gasteiger partial charge in [-0.25, -0.2) is 9.97 Å². The van der Waals surface area contributed by atoms with E-state index in [9.17, 15) is 9.59 Å². The fourth-order valence-corrected chi connectivity index (χ4v) is 5.58. The lowest BCUT2D eigenvalue weighted by Crippen LogP contribution is -2.24. The molecule has 0 aliphatic heterocycles. The van der Waals surface area contributed by atoms with Crippen LogP contribution in [-0.4, -0.2) is 26.8 Å². The number of nitrogens with zero attached hydrogens (tertiary/aromatic N) is 3. The number of fused-ring (bicyclic) bond motifs is 1. The van der Waals surface area contributed by atoms with Gasteiger partial charge >= 0.3 is 0 Å². The zero-order valence-electron chi connectivity index (χ0n) is 17.2. The van der Waals surface area contributed by atoms with Crippen LogP contribution in [0, 0.1) is 0 Å². The van der Waals surface area contributed by atoms with Gasteiger partial charge in [-0.05, 0) is 55.7 Å². The van der Waals surface area contributed by atoms with E-state index in [1.54, 1.807) is 36.7 Å². The molecule has 0 fully saturated rings. The standard InChI is InChI=1S/C23H18ClN5O2S2/c24-15-8-6-13(7-9-15)20(30)28-23-27-19-16(4-1-5-18(19)33-23)21(31)29-22-26-17(12-32-22)14-3-2-10-25-11-14/h2-3,6-12,16H,1,4-5H2,(H,26,29,31)(H,27,28,30). The maximum absolute atomic E-state index is 13.1. The second-order valence-corrected chi connectivity index (χ2v) is 9.88. The quantitative estimate of drug-likeness (QED) is 0.374. The summed E-state index contributed by atoms with van der Waals surface area (Å²) in [4.78, 5) is 39.9. The Bertz CT molecular complexity index is 1300. The van der Waals surface area contributed by atoms with Crippen LogP contribution in [0.1, 0.15) is 39.7 Å². The van der Waals surface area contributed by atoms with Gasteiger partial charge in [0.25, 0.3) is 5.91 Å². The average Bonchev–Trinajstić information content (AvgIpc) is 3.46. The van der Waals surface area contributed by atoms with Gasteiger partial charge in [-0.3, -0.25) is 19.9 Å². The molecule has 3 aromatic heterocycles. The molecule has 0 radical (unpaired) electrons. The molecule has 166 valence electrons. The molecule has 2 N–H and O–H groups in total. The predicted octanol–water partition coefficient (Wildman–Crippen LogP) is 5.63. The molecule has 3 heterocycles. The summed E-state index contributed by atoms with van der Waals surface area (Å²) in [5, 5.41) is 9.27. The molecule has 1 aliphatic rings. The number of pyridine rings is 1. The van der Waals surface area contributed by atoms with Gasteiger partial charge in [0.15, 0.2) is 10.3 Å². The molecular formula is C23H18ClN5O2S2. The number of benzene rings is 1. The summed E-state index contributed by atoms with van der Waals surface area (Å²) < 4.78 is 0. The number of anilines is 2. The Labute approximate surface area is 202 Å². The summed E-state index contributed by atoms with van der Waals surface area (Å²) in [5.41, 5.74) is 2.90. The molecule has 1 atom stereocenters. The molecule has 0 bridgehead atoms. The van der Waals surface area contributed by atoms with E-state index in [1.165, 1.54) is 22.7 Å². The van der Waals surface area contributed by atoms with E-state index < -0.39 is 0 Å². The Balaban J connectivity index is 1.30. The molecule has 0 saturated carbocycles. The number of carbonyl (C=O) groups is 2. The number of hydrogen-bond donors (Lipinski definition) is 2. The van der Waals surface area contributed by atoms with Crippen LogP contribution >= 0.6 is 34.3 Å². The number of amides is 2. The first-order valence-corrected chi connectivity index (χ1v) is 12.4. The Hall–Kier alpha value is -3.14. The van der Waals surface area contributed by atoms with Crippen LogP contribution in [-0.2, 0) is 11.2 Å². The maximum atomic E-state index is 13.1. The van der Waals surface area contributed by atoms with Crippen molar-refractivity contribution in [3.05, 3.63) is 75.3 Å².